The first-order valence-corrected chi connectivity index (χ1v) is 7.63. The molecule has 0 bridgehead atoms. The van der Waals surface area contributed by atoms with E-state index >= 15 is 0 Å². The topological polar surface area (TPSA) is 42.1 Å². The summed E-state index contributed by atoms with van der Waals surface area (Å²) in [7, 11) is 0. The number of aromatic nitrogens is 1. The Morgan fingerprint density at radius 1 is 1.16 bits per heavy atom. The Morgan fingerprint density at radius 3 is 2.32 bits per heavy atom. The van der Waals surface area contributed by atoms with Gasteiger partial charge in [0.1, 0.15) is 5.82 Å². The van der Waals surface area contributed by atoms with E-state index in [2.05, 4.69) is 44.7 Å². The second-order valence-corrected chi connectivity index (χ2v) is 5.10. The van der Waals surface area contributed by atoms with E-state index in [4.69, 9.17) is 10.7 Å². The fourth-order valence-corrected chi connectivity index (χ4v) is 2.34. The summed E-state index contributed by atoms with van der Waals surface area (Å²) in [5.74, 6) is 1.84. The minimum Gasteiger partial charge on any atom is -0.357 e. The third-order valence-corrected chi connectivity index (χ3v) is 3.86. The Labute approximate surface area is 118 Å². The van der Waals surface area contributed by atoms with Gasteiger partial charge in [0.05, 0.1) is 0 Å². The van der Waals surface area contributed by atoms with Crippen LogP contribution in [0.4, 0.5) is 5.82 Å². The molecule has 1 aromatic heterocycles. The molecule has 19 heavy (non-hydrogen) atoms. The van der Waals surface area contributed by atoms with Crippen LogP contribution in [0, 0.1) is 5.92 Å². The lowest BCUT2D eigenvalue weighted by Gasteiger charge is -2.27. The van der Waals surface area contributed by atoms with Crippen LogP contribution in [0.25, 0.3) is 0 Å². The fourth-order valence-electron chi connectivity index (χ4n) is 2.34. The Kier molecular flexibility index (Phi) is 6.85. The van der Waals surface area contributed by atoms with Gasteiger partial charge in [-0.05, 0) is 37.0 Å². The van der Waals surface area contributed by atoms with Gasteiger partial charge in [-0.2, -0.15) is 0 Å². The SMILES string of the molecule is CCc1cc(CN)cc(N(CC)CC(CC)CC)n1. The summed E-state index contributed by atoms with van der Waals surface area (Å²) in [6.45, 7) is 11.6. The molecule has 2 N–H and O–H groups in total. The third-order valence-electron chi connectivity index (χ3n) is 3.86. The Morgan fingerprint density at radius 2 is 1.84 bits per heavy atom. The second kappa shape index (κ2) is 8.16. The van der Waals surface area contributed by atoms with E-state index in [0.717, 1.165) is 36.9 Å². The molecule has 0 fully saturated rings. The van der Waals surface area contributed by atoms with E-state index in [1.807, 2.05) is 0 Å². The monoisotopic (exact) mass is 263 g/mol. The number of nitrogens with zero attached hydrogens (tertiary/aromatic N) is 2. The lowest BCUT2D eigenvalue weighted by atomic mass is 10.0. The van der Waals surface area contributed by atoms with Gasteiger partial charge in [0.2, 0.25) is 0 Å². The molecule has 0 saturated heterocycles. The number of aryl methyl sites for hydroxylation is 1. The average Bonchev–Trinajstić information content (AvgIpc) is 2.48. The van der Waals surface area contributed by atoms with Crippen molar-refractivity contribution >= 4 is 5.82 Å². The summed E-state index contributed by atoms with van der Waals surface area (Å²) in [5.41, 5.74) is 8.12. The smallest absolute Gasteiger partial charge is 0.129 e. The van der Waals surface area contributed by atoms with Gasteiger partial charge in [0.15, 0.2) is 0 Å². The molecule has 3 heteroatoms. The fraction of sp³-hybridized carbons (Fsp3) is 0.688. The van der Waals surface area contributed by atoms with E-state index in [9.17, 15) is 0 Å². The van der Waals surface area contributed by atoms with Crippen molar-refractivity contribution in [2.75, 3.05) is 18.0 Å². The van der Waals surface area contributed by atoms with Crippen molar-refractivity contribution < 1.29 is 0 Å². The molecular weight excluding hydrogens is 234 g/mol. The largest absolute Gasteiger partial charge is 0.357 e. The van der Waals surface area contributed by atoms with Crippen molar-refractivity contribution in [3.05, 3.63) is 23.4 Å². The summed E-state index contributed by atoms with van der Waals surface area (Å²) in [6, 6.07) is 4.26. The van der Waals surface area contributed by atoms with Gasteiger partial charge in [-0.15, -0.1) is 0 Å². The zero-order valence-corrected chi connectivity index (χ0v) is 12.9. The molecular formula is C16H29N3. The predicted octanol–water partition coefficient (Wildman–Crippen LogP) is 3.37. The highest BCUT2D eigenvalue weighted by Crippen LogP contribution is 2.19. The molecule has 0 spiro atoms. The summed E-state index contributed by atoms with van der Waals surface area (Å²) in [5, 5.41) is 0. The van der Waals surface area contributed by atoms with Crippen molar-refractivity contribution in [1.29, 1.82) is 0 Å². The number of hydrogen-bond donors (Lipinski definition) is 1. The van der Waals surface area contributed by atoms with Gasteiger partial charge in [-0.3, -0.25) is 0 Å². The molecule has 0 aromatic carbocycles. The molecule has 1 rings (SSSR count). The summed E-state index contributed by atoms with van der Waals surface area (Å²) < 4.78 is 0. The normalized spacial score (nSPS) is 11.1. The van der Waals surface area contributed by atoms with Gasteiger partial charge < -0.3 is 10.6 Å². The Balaban J connectivity index is 2.96. The predicted molar refractivity (Wildman–Crippen MR) is 83.5 cm³/mol. The van der Waals surface area contributed by atoms with E-state index in [0.29, 0.717) is 6.54 Å². The van der Waals surface area contributed by atoms with E-state index in [-0.39, 0.29) is 0 Å². The highest BCUT2D eigenvalue weighted by Gasteiger charge is 2.13. The molecule has 0 aliphatic heterocycles. The first-order valence-electron chi connectivity index (χ1n) is 7.63. The number of rotatable bonds is 8. The first-order chi connectivity index (χ1) is 9.18. The van der Waals surface area contributed by atoms with Gasteiger partial charge in [-0.25, -0.2) is 4.98 Å². The molecule has 3 nitrogen and oxygen atoms in total. The Hall–Kier alpha value is -1.09. The first kappa shape index (κ1) is 16.0. The zero-order valence-electron chi connectivity index (χ0n) is 12.9. The van der Waals surface area contributed by atoms with Crippen LogP contribution in [0.1, 0.15) is 51.8 Å². The summed E-state index contributed by atoms with van der Waals surface area (Å²) in [6.07, 6.45) is 3.41. The van der Waals surface area contributed by atoms with Crippen LogP contribution in [0.5, 0.6) is 0 Å². The van der Waals surface area contributed by atoms with Crippen molar-refractivity contribution in [3.8, 4) is 0 Å². The molecule has 0 radical (unpaired) electrons. The van der Waals surface area contributed by atoms with E-state index < -0.39 is 0 Å². The molecule has 0 amide bonds. The van der Waals surface area contributed by atoms with E-state index in [1.165, 1.54) is 18.4 Å². The number of hydrogen-bond acceptors (Lipinski definition) is 3. The molecule has 0 saturated carbocycles. The quantitative estimate of drug-likeness (QED) is 0.782. The van der Waals surface area contributed by atoms with Crippen LogP contribution in [-0.4, -0.2) is 18.1 Å². The zero-order chi connectivity index (χ0) is 14.3. The van der Waals surface area contributed by atoms with Gasteiger partial charge >= 0.3 is 0 Å². The molecule has 1 aromatic rings. The summed E-state index contributed by atoms with van der Waals surface area (Å²) in [4.78, 5) is 7.15. The number of nitrogens with two attached hydrogens (primary N) is 1. The molecule has 1 heterocycles. The summed E-state index contributed by atoms with van der Waals surface area (Å²) >= 11 is 0. The average molecular weight is 263 g/mol. The maximum atomic E-state index is 5.79. The molecule has 108 valence electrons. The maximum Gasteiger partial charge on any atom is 0.129 e. The second-order valence-electron chi connectivity index (χ2n) is 5.10. The molecule has 0 aliphatic carbocycles. The van der Waals surface area contributed by atoms with Crippen LogP contribution in [0.15, 0.2) is 12.1 Å². The van der Waals surface area contributed by atoms with Gasteiger partial charge in [0, 0.05) is 25.3 Å². The van der Waals surface area contributed by atoms with Gasteiger partial charge in [0.25, 0.3) is 0 Å². The third kappa shape index (κ3) is 4.50. The van der Waals surface area contributed by atoms with E-state index in [1.54, 1.807) is 0 Å². The lowest BCUT2D eigenvalue weighted by Crippen LogP contribution is -2.30. The number of anilines is 1. The van der Waals surface area contributed by atoms with Crippen molar-refractivity contribution in [1.82, 2.24) is 4.98 Å². The van der Waals surface area contributed by atoms with Crippen LogP contribution in [0.2, 0.25) is 0 Å². The van der Waals surface area contributed by atoms with Crippen LogP contribution < -0.4 is 10.6 Å². The highest BCUT2D eigenvalue weighted by atomic mass is 15.2. The van der Waals surface area contributed by atoms with Crippen LogP contribution in [-0.2, 0) is 13.0 Å². The molecule has 0 unspecified atom stereocenters. The van der Waals surface area contributed by atoms with Crippen LogP contribution in [0.3, 0.4) is 0 Å². The highest BCUT2D eigenvalue weighted by molar-refractivity contribution is 5.42. The minimum atomic E-state index is 0.588. The van der Waals surface area contributed by atoms with Crippen molar-refractivity contribution in [3.63, 3.8) is 0 Å². The lowest BCUT2D eigenvalue weighted by molar-refractivity contribution is 0.484. The van der Waals surface area contributed by atoms with Crippen molar-refractivity contribution in [2.45, 2.75) is 53.5 Å². The Bertz CT molecular complexity index is 350. The van der Waals surface area contributed by atoms with Crippen LogP contribution >= 0.6 is 0 Å². The van der Waals surface area contributed by atoms with Gasteiger partial charge in [-0.1, -0.05) is 33.6 Å². The standard InChI is InChI=1S/C16H29N3/c1-5-13(6-2)12-19(8-4)16-10-14(11-17)9-15(7-3)18-16/h9-10,13H,5-8,11-12,17H2,1-4H3. The maximum absolute atomic E-state index is 5.79. The molecule has 0 aliphatic rings. The minimum absolute atomic E-state index is 0.588. The number of pyridine rings is 1. The van der Waals surface area contributed by atoms with Crippen molar-refractivity contribution in [2.24, 2.45) is 11.7 Å². The molecule has 0 atom stereocenters.